The smallest absolute Gasteiger partial charge is 0.163 e. The van der Waals surface area contributed by atoms with Gasteiger partial charge in [0.05, 0.1) is 29.8 Å². The number of hydrogen-bond donors (Lipinski definition) is 1. The third kappa shape index (κ3) is 6.17. The van der Waals surface area contributed by atoms with E-state index in [2.05, 4.69) is 15.3 Å². The number of nitrogens with one attached hydrogen (secondary N) is 1. The fourth-order valence-electron chi connectivity index (χ4n) is 4.03. The van der Waals surface area contributed by atoms with Gasteiger partial charge in [-0.3, -0.25) is 9.69 Å². The van der Waals surface area contributed by atoms with E-state index in [1.54, 1.807) is 0 Å². The van der Waals surface area contributed by atoms with E-state index in [4.69, 9.17) is 32.7 Å². The molecule has 1 aromatic heterocycles. The minimum Gasteiger partial charge on any atom is -0.490 e. The van der Waals surface area contributed by atoms with Crippen LogP contribution in [0.25, 0.3) is 10.9 Å². The Balaban J connectivity index is 1.80. The van der Waals surface area contributed by atoms with E-state index in [-0.39, 0.29) is 16.8 Å². The summed E-state index contributed by atoms with van der Waals surface area (Å²) in [7, 11) is 1.85. The van der Waals surface area contributed by atoms with Crippen molar-refractivity contribution >= 4 is 51.4 Å². The summed E-state index contributed by atoms with van der Waals surface area (Å²) in [6, 6.07) is 6.24. The Morgan fingerprint density at radius 1 is 1.25 bits per heavy atom. The molecule has 1 N–H and O–H groups in total. The van der Waals surface area contributed by atoms with Gasteiger partial charge in [0.15, 0.2) is 11.5 Å². The number of fused-ring (bicyclic) bond motifs is 2. The monoisotopic (exact) mass is 534 g/mol. The zero-order valence-electron chi connectivity index (χ0n) is 20.3. The number of carbonyl (C=O) groups is 1. The number of rotatable bonds is 4. The molecule has 0 saturated heterocycles. The molecule has 4 rings (SSSR count). The van der Waals surface area contributed by atoms with Crippen molar-refractivity contribution in [3.05, 3.63) is 47.0 Å². The van der Waals surface area contributed by atoms with Gasteiger partial charge in [-0.1, -0.05) is 11.6 Å². The molecule has 36 heavy (non-hydrogen) atoms. The Morgan fingerprint density at radius 2 is 2.08 bits per heavy atom. The number of anilines is 2. The minimum absolute atomic E-state index is 0.0141. The van der Waals surface area contributed by atoms with Gasteiger partial charge >= 0.3 is 0 Å². The van der Waals surface area contributed by atoms with Crippen LogP contribution in [0.4, 0.5) is 15.9 Å². The van der Waals surface area contributed by atoms with Gasteiger partial charge in [0.25, 0.3) is 0 Å². The molecule has 0 spiro atoms. The largest absolute Gasteiger partial charge is 0.490 e. The fourth-order valence-corrected chi connectivity index (χ4v) is 4.31. The first-order chi connectivity index (χ1) is 17.4. The maximum absolute atomic E-state index is 14.5. The zero-order chi connectivity index (χ0) is 25.7. The van der Waals surface area contributed by atoms with Crippen molar-refractivity contribution in [1.82, 2.24) is 14.9 Å². The lowest BCUT2D eigenvalue weighted by atomic mass is 10.1. The van der Waals surface area contributed by atoms with E-state index in [9.17, 15) is 9.18 Å². The van der Waals surface area contributed by atoms with E-state index in [0.717, 1.165) is 0 Å². The molecule has 192 valence electrons. The number of ketones is 1. The Bertz CT molecular complexity index is 1240. The molecule has 2 aromatic carbocycles. The standard InChI is InChI=1S/C26H29Cl2FN4O3/c1-16-23(34)6-3-4-8-35-24-11-18-22(13-25(24)36-9-5-7-27)30-15-31-26(18)32-21-12-19(28)20(29)10-17(21)14-33(16)2/h10-13,15-16H,3-9,14H2,1-2H3,(H,30,31,32)/t16-/m1/s1. The number of hydrogen-bond acceptors (Lipinski definition) is 7. The lowest BCUT2D eigenvalue weighted by Crippen LogP contribution is -2.35. The summed E-state index contributed by atoms with van der Waals surface area (Å²) < 4.78 is 26.5. The Labute approximate surface area is 219 Å². The van der Waals surface area contributed by atoms with Crippen LogP contribution in [-0.2, 0) is 11.3 Å². The maximum atomic E-state index is 14.5. The highest BCUT2D eigenvalue weighted by Gasteiger charge is 2.21. The van der Waals surface area contributed by atoms with Crippen LogP contribution < -0.4 is 14.8 Å². The van der Waals surface area contributed by atoms with Crippen molar-refractivity contribution in [1.29, 1.82) is 0 Å². The molecule has 1 atom stereocenters. The number of nitrogens with zero attached hydrogens (tertiary/aromatic N) is 3. The highest BCUT2D eigenvalue weighted by Crippen LogP contribution is 2.36. The quantitative estimate of drug-likeness (QED) is 0.318. The van der Waals surface area contributed by atoms with E-state index < -0.39 is 5.82 Å². The molecule has 1 aliphatic rings. The molecule has 0 aliphatic carbocycles. The molecule has 3 aromatic rings. The summed E-state index contributed by atoms with van der Waals surface area (Å²) in [4.78, 5) is 23.5. The minimum atomic E-state index is -0.527. The van der Waals surface area contributed by atoms with E-state index >= 15 is 0 Å². The fraction of sp³-hybridized carbons (Fsp3) is 0.423. The number of ether oxygens (including phenoxy) is 2. The van der Waals surface area contributed by atoms with Crippen LogP contribution in [0.15, 0.2) is 30.6 Å². The SMILES string of the molecule is C[C@@H]1C(=O)CCCCOc2cc3c(ncnc3cc2OCCCCl)Nc2cc(Cl)c(F)cc2CN1C. The number of Topliss-reactive ketones (excluding diaryl/α,β-unsaturated/α-hetero) is 1. The van der Waals surface area contributed by atoms with Crippen molar-refractivity contribution in [2.45, 2.75) is 45.2 Å². The molecule has 2 bridgehead atoms. The van der Waals surface area contributed by atoms with E-state index in [0.29, 0.717) is 90.8 Å². The summed E-state index contributed by atoms with van der Waals surface area (Å²) in [5, 5.41) is 4.00. The van der Waals surface area contributed by atoms with E-state index in [1.807, 2.05) is 31.0 Å². The first-order valence-electron chi connectivity index (χ1n) is 12.0. The highest BCUT2D eigenvalue weighted by atomic mass is 35.5. The summed E-state index contributed by atoms with van der Waals surface area (Å²) in [5.41, 5.74) is 1.90. The molecular formula is C26H29Cl2FN4O3. The Kier molecular flexibility index (Phi) is 8.82. The molecule has 1 aliphatic heterocycles. The van der Waals surface area contributed by atoms with Crippen molar-refractivity contribution in [3.63, 3.8) is 0 Å². The van der Waals surface area contributed by atoms with Crippen LogP contribution in [0.3, 0.4) is 0 Å². The van der Waals surface area contributed by atoms with Gasteiger partial charge in [-0.25, -0.2) is 14.4 Å². The second kappa shape index (κ2) is 12.0. The molecule has 0 unspecified atom stereocenters. The Hall–Kier alpha value is -2.68. The van der Waals surface area contributed by atoms with Gasteiger partial charge in [0.1, 0.15) is 23.7 Å². The molecule has 0 amide bonds. The predicted octanol–water partition coefficient (Wildman–Crippen LogP) is 6.13. The van der Waals surface area contributed by atoms with Crippen molar-refractivity contribution in [2.24, 2.45) is 0 Å². The third-order valence-electron chi connectivity index (χ3n) is 6.26. The number of benzene rings is 2. The van der Waals surface area contributed by atoms with Gasteiger partial charge in [-0.05, 0) is 57.0 Å². The highest BCUT2D eigenvalue weighted by molar-refractivity contribution is 6.31. The number of likely N-dealkylation sites (N-methyl/N-ethyl adjacent to an activating group) is 1. The molecule has 10 heteroatoms. The molecule has 2 heterocycles. The van der Waals surface area contributed by atoms with Gasteiger partial charge < -0.3 is 14.8 Å². The molecule has 0 fully saturated rings. The number of aromatic nitrogens is 2. The maximum Gasteiger partial charge on any atom is 0.163 e. The van der Waals surface area contributed by atoms with Gasteiger partial charge in [0.2, 0.25) is 0 Å². The average Bonchev–Trinajstić information content (AvgIpc) is 2.86. The first kappa shape index (κ1) is 26.4. The van der Waals surface area contributed by atoms with Crippen molar-refractivity contribution in [3.8, 4) is 11.5 Å². The van der Waals surface area contributed by atoms with Gasteiger partial charge in [0, 0.05) is 36.0 Å². The van der Waals surface area contributed by atoms with Crippen LogP contribution >= 0.6 is 23.2 Å². The van der Waals surface area contributed by atoms with E-state index in [1.165, 1.54) is 18.5 Å². The lowest BCUT2D eigenvalue weighted by molar-refractivity contribution is -0.123. The molecule has 0 radical (unpaired) electrons. The number of carbonyl (C=O) groups excluding carboxylic acids is 1. The summed E-state index contributed by atoms with van der Waals surface area (Å²) in [5.74, 6) is 1.72. The lowest BCUT2D eigenvalue weighted by Gasteiger charge is -2.25. The normalized spacial score (nSPS) is 17.5. The number of halogens is 3. The third-order valence-corrected chi connectivity index (χ3v) is 6.81. The molecule has 7 nitrogen and oxygen atoms in total. The summed E-state index contributed by atoms with van der Waals surface area (Å²) in [6.45, 7) is 3.09. The molecular weight excluding hydrogens is 506 g/mol. The van der Waals surface area contributed by atoms with Crippen LogP contribution in [0.2, 0.25) is 5.02 Å². The first-order valence-corrected chi connectivity index (χ1v) is 12.9. The summed E-state index contributed by atoms with van der Waals surface area (Å²) >= 11 is 11.9. The second-order valence-electron chi connectivity index (χ2n) is 8.84. The van der Waals surface area contributed by atoms with Crippen LogP contribution in [0.1, 0.15) is 38.2 Å². The second-order valence-corrected chi connectivity index (χ2v) is 9.63. The topological polar surface area (TPSA) is 76.6 Å². The van der Waals surface area contributed by atoms with Crippen LogP contribution in [-0.4, -0.2) is 52.8 Å². The molecule has 0 saturated carbocycles. The zero-order valence-corrected chi connectivity index (χ0v) is 21.8. The van der Waals surface area contributed by atoms with Crippen molar-refractivity contribution in [2.75, 3.05) is 31.5 Å². The summed E-state index contributed by atoms with van der Waals surface area (Å²) in [6.07, 6.45) is 3.99. The van der Waals surface area contributed by atoms with Gasteiger partial charge in [-0.15, -0.1) is 11.6 Å². The number of alkyl halides is 1. The van der Waals surface area contributed by atoms with Crippen molar-refractivity contribution < 1.29 is 18.7 Å². The van der Waals surface area contributed by atoms with Crippen LogP contribution in [0.5, 0.6) is 11.5 Å². The predicted molar refractivity (Wildman–Crippen MR) is 140 cm³/mol. The average molecular weight is 535 g/mol. The Morgan fingerprint density at radius 3 is 2.89 bits per heavy atom. The van der Waals surface area contributed by atoms with Gasteiger partial charge in [-0.2, -0.15) is 0 Å². The van der Waals surface area contributed by atoms with Crippen LogP contribution in [0, 0.1) is 5.82 Å².